The van der Waals surface area contributed by atoms with E-state index in [-0.39, 0.29) is 5.92 Å². The van der Waals surface area contributed by atoms with E-state index in [1.54, 1.807) is 17.7 Å². The van der Waals surface area contributed by atoms with E-state index in [0.717, 1.165) is 33.7 Å². The summed E-state index contributed by atoms with van der Waals surface area (Å²) in [6.45, 7) is 6.45. The number of rotatable bonds is 8. The molecule has 0 saturated carbocycles. The molecule has 0 amide bonds. The number of hydrogen-bond acceptors (Lipinski definition) is 7. The van der Waals surface area contributed by atoms with Gasteiger partial charge in [0.25, 0.3) is 0 Å². The van der Waals surface area contributed by atoms with E-state index >= 15 is 0 Å². The number of nitrogens with zero attached hydrogens (tertiary/aromatic N) is 5. The molecular weight excluding hydrogens is 432 g/mol. The van der Waals surface area contributed by atoms with Gasteiger partial charge in [0.05, 0.1) is 0 Å². The van der Waals surface area contributed by atoms with Gasteiger partial charge in [-0.1, -0.05) is 29.5 Å². The van der Waals surface area contributed by atoms with E-state index in [4.69, 9.17) is 4.74 Å². The number of fused-ring (bicyclic) bond motifs is 1. The zero-order chi connectivity index (χ0) is 22.6. The van der Waals surface area contributed by atoms with Crippen molar-refractivity contribution in [1.29, 1.82) is 0 Å². The molecule has 0 aliphatic rings. The molecule has 3 aromatic heterocycles. The number of tetrazole rings is 1. The highest BCUT2D eigenvalue weighted by atomic mass is 32.1. The van der Waals surface area contributed by atoms with Crippen molar-refractivity contribution in [3.63, 3.8) is 0 Å². The van der Waals surface area contributed by atoms with Gasteiger partial charge in [0, 0.05) is 45.4 Å². The van der Waals surface area contributed by atoms with Gasteiger partial charge in [0.15, 0.2) is 5.82 Å². The summed E-state index contributed by atoms with van der Waals surface area (Å²) in [6.07, 6.45) is 6.01. The molecular formula is C25H22N6OS. The number of ether oxygens (including phenoxy) is 1. The van der Waals surface area contributed by atoms with Crippen LogP contribution in [0.4, 0.5) is 0 Å². The Balaban J connectivity index is 1.30. The number of thiophene rings is 1. The fourth-order valence-corrected chi connectivity index (χ4v) is 4.75. The Morgan fingerprint density at radius 1 is 1.15 bits per heavy atom. The van der Waals surface area contributed by atoms with Gasteiger partial charge < -0.3 is 4.74 Å². The van der Waals surface area contributed by atoms with Crippen molar-refractivity contribution in [2.45, 2.75) is 25.9 Å². The molecule has 2 aromatic carbocycles. The van der Waals surface area contributed by atoms with Crippen LogP contribution in [0.3, 0.4) is 0 Å². The van der Waals surface area contributed by atoms with Crippen molar-refractivity contribution in [3.8, 4) is 16.9 Å². The monoisotopic (exact) mass is 454 g/mol. The third kappa shape index (κ3) is 4.51. The van der Waals surface area contributed by atoms with Gasteiger partial charge in [-0.25, -0.2) is 9.97 Å². The third-order valence-corrected chi connectivity index (χ3v) is 6.59. The Kier molecular flexibility index (Phi) is 5.91. The highest BCUT2D eigenvalue weighted by Crippen LogP contribution is 2.35. The minimum Gasteiger partial charge on any atom is -0.489 e. The lowest BCUT2D eigenvalue weighted by molar-refractivity contribution is 0.306. The van der Waals surface area contributed by atoms with Crippen LogP contribution in [0.25, 0.3) is 21.2 Å². The van der Waals surface area contributed by atoms with Crippen LogP contribution in [0.15, 0.2) is 73.0 Å². The highest BCUT2D eigenvalue weighted by molar-refractivity contribution is 7.17. The molecule has 1 atom stereocenters. The molecule has 0 radical (unpaired) electrons. The lowest BCUT2D eigenvalue weighted by Gasteiger charge is -2.12. The molecule has 0 aliphatic carbocycles. The summed E-state index contributed by atoms with van der Waals surface area (Å²) in [5, 5.41) is 17.5. The van der Waals surface area contributed by atoms with Gasteiger partial charge in [-0.2, -0.15) is 5.21 Å². The van der Waals surface area contributed by atoms with Crippen LogP contribution in [0.1, 0.15) is 28.6 Å². The zero-order valence-corrected chi connectivity index (χ0v) is 18.9. The lowest BCUT2D eigenvalue weighted by atomic mass is 9.95. The van der Waals surface area contributed by atoms with E-state index in [9.17, 15) is 0 Å². The predicted octanol–water partition coefficient (Wildman–Crippen LogP) is 5.27. The molecule has 5 aromatic rings. The largest absolute Gasteiger partial charge is 0.489 e. The van der Waals surface area contributed by atoms with Crippen LogP contribution in [0, 0.1) is 6.92 Å². The van der Waals surface area contributed by atoms with Gasteiger partial charge in [0.1, 0.15) is 18.7 Å². The Morgan fingerprint density at radius 2 is 2.03 bits per heavy atom. The fraction of sp³-hybridized carbons (Fsp3) is 0.160. The van der Waals surface area contributed by atoms with Gasteiger partial charge in [-0.3, -0.25) is 0 Å². The van der Waals surface area contributed by atoms with Crippen molar-refractivity contribution in [2.24, 2.45) is 0 Å². The molecule has 3 heterocycles. The standard InChI is InChI=1S/C25H22N6OS/c1-3-18(11-25-28-30-31-29-25)19-5-7-20(8-6-19)32-13-17-4-9-24-21(10-17)23(14-33-24)22-12-26-15-27-16(22)2/h3-10,12,14-15,18H,1,11,13H2,2H3,(H,28,29,30,31). The van der Waals surface area contributed by atoms with E-state index in [1.165, 1.54) is 10.1 Å². The van der Waals surface area contributed by atoms with Crippen molar-refractivity contribution < 1.29 is 4.74 Å². The van der Waals surface area contributed by atoms with E-state index in [1.807, 2.05) is 31.3 Å². The predicted molar refractivity (Wildman–Crippen MR) is 129 cm³/mol. The summed E-state index contributed by atoms with van der Waals surface area (Å²) in [4.78, 5) is 8.54. The van der Waals surface area contributed by atoms with Crippen LogP contribution >= 0.6 is 11.3 Å². The molecule has 0 saturated heterocycles. The van der Waals surface area contributed by atoms with Gasteiger partial charge in [-0.05, 0) is 47.7 Å². The Bertz CT molecular complexity index is 1380. The molecule has 7 nitrogen and oxygen atoms in total. The highest BCUT2D eigenvalue weighted by Gasteiger charge is 2.13. The van der Waals surface area contributed by atoms with Gasteiger partial charge >= 0.3 is 0 Å². The zero-order valence-electron chi connectivity index (χ0n) is 18.1. The van der Waals surface area contributed by atoms with Crippen LogP contribution in [0.5, 0.6) is 5.75 Å². The smallest absolute Gasteiger partial charge is 0.175 e. The first-order chi connectivity index (χ1) is 16.2. The SMILES string of the molecule is C=CC(Cc1nn[nH]n1)c1ccc(OCc2ccc3scc(-c4cncnc4C)c3c2)cc1. The summed E-state index contributed by atoms with van der Waals surface area (Å²) < 4.78 is 7.31. The minimum absolute atomic E-state index is 0.112. The first-order valence-electron chi connectivity index (χ1n) is 10.6. The van der Waals surface area contributed by atoms with Crippen LogP contribution in [-0.2, 0) is 13.0 Å². The molecule has 0 aliphatic heterocycles. The molecule has 0 fully saturated rings. The first-order valence-corrected chi connectivity index (χ1v) is 11.4. The average Bonchev–Trinajstić information content (AvgIpc) is 3.52. The average molecular weight is 455 g/mol. The number of aromatic amines is 1. The molecule has 1 unspecified atom stereocenters. The summed E-state index contributed by atoms with van der Waals surface area (Å²) in [5.74, 6) is 1.60. The second kappa shape index (κ2) is 9.30. The number of nitrogens with one attached hydrogen (secondary N) is 1. The third-order valence-electron chi connectivity index (χ3n) is 5.63. The topological polar surface area (TPSA) is 89.5 Å². The maximum atomic E-state index is 6.07. The van der Waals surface area contributed by atoms with Crippen LogP contribution < -0.4 is 4.74 Å². The maximum absolute atomic E-state index is 6.07. The summed E-state index contributed by atoms with van der Waals surface area (Å²) in [5.41, 5.74) is 5.45. The van der Waals surface area contributed by atoms with Crippen molar-refractivity contribution >= 4 is 21.4 Å². The molecule has 0 bridgehead atoms. The first kappa shape index (κ1) is 21.0. The molecule has 164 valence electrons. The van der Waals surface area contributed by atoms with Crippen LogP contribution in [0.2, 0.25) is 0 Å². The number of aromatic nitrogens is 6. The molecule has 33 heavy (non-hydrogen) atoms. The van der Waals surface area contributed by atoms with Crippen molar-refractivity contribution in [1.82, 2.24) is 30.6 Å². The lowest BCUT2D eigenvalue weighted by Crippen LogP contribution is -2.02. The van der Waals surface area contributed by atoms with Crippen LogP contribution in [-0.4, -0.2) is 30.6 Å². The maximum Gasteiger partial charge on any atom is 0.175 e. The molecule has 0 spiro atoms. The molecule has 1 N–H and O–H groups in total. The Labute approximate surface area is 195 Å². The minimum atomic E-state index is 0.112. The second-order valence-electron chi connectivity index (χ2n) is 7.73. The Hall–Kier alpha value is -3.91. The quantitative estimate of drug-likeness (QED) is 0.321. The molecule has 5 rings (SSSR count). The van der Waals surface area contributed by atoms with E-state index in [0.29, 0.717) is 18.9 Å². The molecule has 8 heteroatoms. The summed E-state index contributed by atoms with van der Waals surface area (Å²) >= 11 is 1.73. The number of allylic oxidation sites excluding steroid dienone is 1. The summed E-state index contributed by atoms with van der Waals surface area (Å²) in [7, 11) is 0. The van der Waals surface area contributed by atoms with Crippen molar-refractivity contribution in [2.75, 3.05) is 0 Å². The fourth-order valence-electron chi connectivity index (χ4n) is 3.81. The number of aryl methyl sites for hydroxylation is 1. The Morgan fingerprint density at radius 3 is 2.79 bits per heavy atom. The summed E-state index contributed by atoms with van der Waals surface area (Å²) in [6, 6.07) is 14.5. The number of benzene rings is 2. The van der Waals surface area contributed by atoms with Gasteiger partial charge in [-0.15, -0.1) is 28.1 Å². The second-order valence-corrected chi connectivity index (χ2v) is 8.65. The normalized spacial score (nSPS) is 12.0. The van der Waals surface area contributed by atoms with Gasteiger partial charge in [0.2, 0.25) is 0 Å². The van der Waals surface area contributed by atoms with Crippen molar-refractivity contribution in [3.05, 3.63) is 95.7 Å². The number of H-pyrrole nitrogens is 1. The number of hydrogen-bond donors (Lipinski definition) is 1. The van der Waals surface area contributed by atoms with E-state index < -0.39 is 0 Å². The van der Waals surface area contributed by atoms with E-state index in [2.05, 4.69) is 72.9 Å².